The molecule has 0 spiro atoms. The van der Waals surface area contributed by atoms with Crippen LogP contribution < -0.4 is 5.73 Å². The highest BCUT2D eigenvalue weighted by molar-refractivity contribution is 7.89. The number of ether oxygens (including phenoxy) is 1. The zero-order valence-electron chi connectivity index (χ0n) is 24.3. The van der Waals surface area contributed by atoms with E-state index in [0.717, 1.165) is 71.1 Å². The summed E-state index contributed by atoms with van der Waals surface area (Å²) in [5.41, 5.74) is 11.8. The number of carbonyl (C=O) groups excluding carboxylic acids is 1. The summed E-state index contributed by atoms with van der Waals surface area (Å²) in [5, 5.41) is 10.5. The van der Waals surface area contributed by atoms with Crippen molar-refractivity contribution in [3.8, 4) is 11.1 Å². The lowest BCUT2D eigenvalue weighted by atomic mass is 9.88. The minimum atomic E-state index is -3.30. The fourth-order valence-electron chi connectivity index (χ4n) is 5.95. The molecule has 1 amide bonds. The number of piperidine rings is 1. The molecule has 0 bridgehead atoms. The van der Waals surface area contributed by atoms with E-state index in [4.69, 9.17) is 10.5 Å². The fraction of sp³-hybridized carbons (Fsp3) is 0.516. The van der Waals surface area contributed by atoms with Crippen molar-refractivity contribution in [2.24, 2.45) is 5.73 Å². The highest BCUT2D eigenvalue weighted by Gasteiger charge is 2.29. The summed E-state index contributed by atoms with van der Waals surface area (Å²) in [5.74, 6) is -0.0777. The normalized spacial score (nSPS) is 15.2. The molecule has 2 heterocycles. The van der Waals surface area contributed by atoms with Gasteiger partial charge in [-0.15, -0.1) is 0 Å². The molecule has 1 fully saturated rings. The van der Waals surface area contributed by atoms with Crippen molar-refractivity contribution < 1.29 is 23.1 Å². The van der Waals surface area contributed by atoms with E-state index in [-0.39, 0.29) is 30.6 Å². The number of rotatable bonds is 15. The second-order valence-corrected chi connectivity index (χ2v) is 13.1. The molecule has 2 aromatic carbocycles. The molecule has 4 rings (SSSR count). The summed E-state index contributed by atoms with van der Waals surface area (Å²) in [6, 6.07) is 12.6. The van der Waals surface area contributed by atoms with E-state index in [9.17, 15) is 18.3 Å². The molecule has 41 heavy (non-hydrogen) atoms. The maximum Gasteiger partial charge on any atom is 0.221 e. The Balaban J connectivity index is 1.62. The lowest BCUT2D eigenvalue weighted by Crippen LogP contribution is -2.39. The van der Waals surface area contributed by atoms with E-state index >= 15 is 0 Å². The number of hydrogen-bond donors (Lipinski definition) is 3. The van der Waals surface area contributed by atoms with Crippen molar-refractivity contribution in [1.82, 2.24) is 14.2 Å². The number of benzene rings is 2. The van der Waals surface area contributed by atoms with Gasteiger partial charge in [-0.1, -0.05) is 25.1 Å². The van der Waals surface area contributed by atoms with E-state index in [1.165, 1.54) is 0 Å². The SMILES string of the molecule is CCCN(CCO)Cc1cccc(-c2cc(CC(N)=O)c3[nH]cc(C4CCN(S(=O)(=O)CCCOC)CC4)c3c2)c1. The van der Waals surface area contributed by atoms with Crippen LogP contribution in [0.1, 0.15) is 55.2 Å². The van der Waals surface area contributed by atoms with E-state index in [1.54, 1.807) is 11.4 Å². The highest BCUT2D eigenvalue weighted by Crippen LogP contribution is 2.37. The number of hydrogen-bond acceptors (Lipinski definition) is 6. The van der Waals surface area contributed by atoms with Gasteiger partial charge in [0.15, 0.2) is 0 Å². The van der Waals surface area contributed by atoms with Crippen LogP contribution in [-0.4, -0.2) is 85.9 Å². The van der Waals surface area contributed by atoms with Crippen molar-refractivity contribution >= 4 is 26.8 Å². The molecular formula is C31H44N4O5S. The molecule has 10 heteroatoms. The molecule has 0 unspecified atom stereocenters. The first-order valence-corrected chi connectivity index (χ1v) is 16.2. The Morgan fingerprint density at radius 1 is 1.17 bits per heavy atom. The van der Waals surface area contributed by atoms with Gasteiger partial charge in [-0.3, -0.25) is 9.69 Å². The molecule has 224 valence electrons. The van der Waals surface area contributed by atoms with Crippen LogP contribution in [-0.2, 0) is 32.5 Å². The van der Waals surface area contributed by atoms with Crippen LogP contribution in [0, 0.1) is 0 Å². The average Bonchev–Trinajstić information content (AvgIpc) is 3.38. The van der Waals surface area contributed by atoms with E-state index in [0.29, 0.717) is 32.7 Å². The van der Waals surface area contributed by atoms with Crippen molar-refractivity contribution in [3.05, 3.63) is 59.3 Å². The van der Waals surface area contributed by atoms with E-state index in [2.05, 4.69) is 41.1 Å². The number of nitrogens with one attached hydrogen (secondary N) is 1. The molecule has 4 N–H and O–H groups in total. The first-order valence-electron chi connectivity index (χ1n) is 14.6. The molecule has 9 nitrogen and oxygen atoms in total. The predicted octanol–water partition coefficient (Wildman–Crippen LogP) is 3.61. The number of nitrogens with zero attached hydrogens (tertiary/aromatic N) is 2. The second kappa shape index (κ2) is 14.4. The molecule has 0 atom stereocenters. The second-order valence-electron chi connectivity index (χ2n) is 11.0. The lowest BCUT2D eigenvalue weighted by Gasteiger charge is -2.31. The number of aromatic amines is 1. The fourth-order valence-corrected chi connectivity index (χ4v) is 7.46. The Labute approximate surface area is 243 Å². The number of sulfonamides is 1. The number of aromatic nitrogens is 1. The quantitative estimate of drug-likeness (QED) is 0.234. The average molecular weight is 585 g/mol. The summed E-state index contributed by atoms with van der Waals surface area (Å²) in [7, 11) is -1.72. The van der Waals surface area contributed by atoms with Crippen molar-refractivity contribution in [1.29, 1.82) is 0 Å². The van der Waals surface area contributed by atoms with Crippen LogP contribution >= 0.6 is 0 Å². The third-order valence-corrected chi connectivity index (χ3v) is 9.88. The van der Waals surface area contributed by atoms with Crippen LogP contribution in [0.25, 0.3) is 22.0 Å². The molecule has 3 aromatic rings. The molecule has 1 aliphatic rings. The minimum Gasteiger partial charge on any atom is -0.395 e. The van der Waals surface area contributed by atoms with Crippen LogP contribution in [0.3, 0.4) is 0 Å². The molecule has 0 aliphatic carbocycles. The maximum absolute atomic E-state index is 12.8. The number of fused-ring (bicyclic) bond motifs is 1. The van der Waals surface area contributed by atoms with Gasteiger partial charge in [0, 0.05) is 57.0 Å². The third-order valence-electron chi connectivity index (χ3n) is 7.93. The monoisotopic (exact) mass is 584 g/mol. The van der Waals surface area contributed by atoms with Crippen molar-refractivity contribution in [2.75, 3.05) is 52.3 Å². The zero-order chi connectivity index (χ0) is 29.4. The largest absolute Gasteiger partial charge is 0.395 e. The number of aliphatic hydroxyl groups excluding tert-OH is 1. The Morgan fingerprint density at radius 3 is 2.63 bits per heavy atom. The molecular weight excluding hydrogens is 540 g/mol. The predicted molar refractivity (Wildman–Crippen MR) is 163 cm³/mol. The van der Waals surface area contributed by atoms with Gasteiger partial charge in [-0.05, 0) is 84.2 Å². The molecule has 0 saturated carbocycles. The van der Waals surface area contributed by atoms with Gasteiger partial charge in [-0.2, -0.15) is 0 Å². The van der Waals surface area contributed by atoms with Crippen LogP contribution in [0.4, 0.5) is 0 Å². The van der Waals surface area contributed by atoms with Crippen LogP contribution in [0.2, 0.25) is 0 Å². The minimum absolute atomic E-state index is 0.105. The first kappa shape index (κ1) is 31.2. The summed E-state index contributed by atoms with van der Waals surface area (Å²) in [4.78, 5) is 17.6. The zero-order valence-corrected chi connectivity index (χ0v) is 25.1. The van der Waals surface area contributed by atoms with Gasteiger partial charge in [-0.25, -0.2) is 12.7 Å². The first-order chi connectivity index (χ1) is 19.7. The molecule has 0 radical (unpaired) electrons. The Bertz CT molecular complexity index is 1410. The number of carbonyl (C=O) groups is 1. The molecule has 1 aliphatic heterocycles. The standard InChI is InChI=1S/C31H44N4O5S/c1-3-10-34(13-14-36)22-23-6-4-7-25(17-23)26-18-27(20-30(32)37)31-28(19-26)29(21-33-31)24-8-11-35(12-9-24)41(38,39)16-5-15-40-2/h4,6-7,17-19,21,24,33,36H,3,5,8-16,20,22H2,1-2H3,(H2,32,37). The summed E-state index contributed by atoms with van der Waals surface area (Å²) >= 11 is 0. The number of primary amides is 1. The van der Waals surface area contributed by atoms with Gasteiger partial charge in [0.1, 0.15) is 0 Å². The molecule has 1 aromatic heterocycles. The smallest absolute Gasteiger partial charge is 0.221 e. The van der Waals surface area contributed by atoms with Crippen LogP contribution in [0.5, 0.6) is 0 Å². The van der Waals surface area contributed by atoms with Gasteiger partial charge < -0.3 is 20.6 Å². The maximum atomic E-state index is 12.8. The number of nitrogens with two attached hydrogens (primary N) is 1. The Morgan fingerprint density at radius 2 is 1.95 bits per heavy atom. The third kappa shape index (κ3) is 7.96. The number of methoxy groups -OCH3 is 1. The van der Waals surface area contributed by atoms with Crippen LogP contribution in [0.15, 0.2) is 42.6 Å². The van der Waals surface area contributed by atoms with E-state index in [1.807, 2.05) is 18.3 Å². The van der Waals surface area contributed by atoms with Gasteiger partial charge in [0.2, 0.25) is 15.9 Å². The lowest BCUT2D eigenvalue weighted by molar-refractivity contribution is -0.117. The van der Waals surface area contributed by atoms with Gasteiger partial charge >= 0.3 is 0 Å². The highest BCUT2D eigenvalue weighted by atomic mass is 32.2. The summed E-state index contributed by atoms with van der Waals surface area (Å²) < 4.78 is 32.2. The Hall–Kier alpha value is -2.76. The summed E-state index contributed by atoms with van der Waals surface area (Å²) in [6.07, 6.45) is 5.12. The number of H-pyrrole nitrogens is 1. The van der Waals surface area contributed by atoms with E-state index < -0.39 is 10.0 Å². The molecule has 1 saturated heterocycles. The van der Waals surface area contributed by atoms with Crippen molar-refractivity contribution in [2.45, 2.75) is 51.5 Å². The number of amides is 1. The topological polar surface area (TPSA) is 129 Å². The van der Waals surface area contributed by atoms with Gasteiger partial charge in [0.05, 0.1) is 18.8 Å². The summed E-state index contributed by atoms with van der Waals surface area (Å²) in [6.45, 7) is 5.98. The number of aliphatic hydroxyl groups is 1. The van der Waals surface area contributed by atoms with Gasteiger partial charge in [0.25, 0.3) is 0 Å². The Kier molecular flexibility index (Phi) is 11.0. The van der Waals surface area contributed by atoms with Crippen molar-refractivity contribution in [3.63, 3.8) is 0 Å².